The maximum Gasteiger partial charge on any atom is 0.115 e. The first kappa shape index (κ1) is 12.0. The van der Waals surface area contributed by atoms with Gasteiger partial charge in [0, 0.05) is 19.4 Å². The summed E-state index contributed by atoms with van der Waals surface area (Å²) >= 11 is 0. The molecule has 3 rings (SSSR count). The molecule has 0 aliphatic heterocycles. The largest absolute Gasteiger partial charge is 0.295 e. The van der Waals surface area contributed by atoms with Crippen LogP contribution in [-0.4, -0.2) is 5.54 Å². The highest BCUT2D eigenvalue weighted by Gasteiger charge is 2.36. The fourth-order valence-electron chi connectivity index (χ4n) is 2.73. The zero-order chi connectivity index (χ0) is 13.1. The summed E-state index contributed by atoms with van der Waals surface area (Å²) in [5, 5.41) is 13.0. The van der Waals surface area contributed by atoms with Crippen molar-refractivity contribution in [2.75, 3.05) is 0 Å². The molecule has 2 nitrogen and oxygen atoms in total. The van der Waals surface area contributed by atoms with Crippen LogP contribution in [0.5, 0.6) is 0 Å². The molecule has 0 atom stereocenters. The monoisotopic (exact) mass is 248 g/mol. The molecule has 1 aliphatic carbocycles. The topological polar surface area (TPSA) is 35.8 Å². The number of nitrogens with one attached hydrogen (secondary N) is 1. The van der Waals surface area contributed by atoms with Crippen LogP contribution < -0.4 is 5.32 Å². The number of nitriles is 1. The molecule has 0 bridgehead atoms. The van der Waals surface area contributed by atoms with Crippen molar-refractivity contribution < 1.29 is 0 Å². The van der Waals surface area contributed by atoms with E-state index < -0.39 is 5.54 Å². The Bertz CT molecular complexity index is 586. The van der Waals surface area contributed by atoms with Crippen LogP contribution in [0.25, 0.3) is 0 Å². The van der Waals surface area contributed by atoms with E-state index in [1.54, 1.807) is 0 Å². The predicted octanol–water partition coefficient (Wildman–Crippen LogP) is 2.84. The summed E-state index contributed by atoms with van der Waals surface area (Å²) in [6.07, 6.45) is 1.60. The minimum Gasteiger partial charge on any atom is -0.295 e. The summed E-state index contributed by atoms with van der Waals surface area (Å²) in [7, 11) is 0. The Kier molecular flexibility index (Phi) is 3.06. The Morgan fingerprint density at radius 2 is 1.53 bits per heavy atom. The maximum atomic E-state index is 9.55. The molecule has 0 saturated carbocycles. The van der Waals surface area contributed by atoms with Gasteiger partial charge in [0.15, 0.2) is 0 Å². The van der Waals surface area contributed by atoms with Crippen molar-refractivity contribution in [1.29, 1.82) is 5.26 Å². The second-order valence-electron chi connectivity index (χ2n) is 5.16. The van der Waals surface area contributed by atoms with Crippen LogP contribution in [0.1, 0.15) is 16.7 Å². The number of nitrogens with zero attached hydrogens (tertiary/aromatic N) is 1. The van der Waals surface area contributed by atoms with Crippen LogP contribution in [0.2, 0.25) is 0 Å². The predicted molar refractivity (Wildman–Crippen MR) is 75.5 cm³/mol. The quantitative estimate of drug-likeness (QED) is 0.906. The van der Waals surface area contributed by atoms with Gasteiger partial charge in [-0.3, -0.25) is 5.32 Å². The SMILES string of the molecule is N#CC1(NCc2ccccc2)Cc2ccccc2C1. The summed E-state index contributed by atoms with van der Waals surface area (Å²) in [6, 6.07) is 21.1. The highest BCUT2D eigenvalue weighted by atomic mass is 15.0. The van der Waals surface area contributed by atoms with Crippen molar-refractivity contribution in [2.45, 2.75) is 24.9 Å². The molecule has 0 spiro atoms. The Morgan fingerprint density at radius 1 is 0.947 bits per heavy atom. The molecule has 0 radical (unpaired) electrons. The van der Waals surface area contributed by atoms with Gasteiger partial charge in [0.1, 0.15) is 5.54 Å². The molecule has 0 saturated heterocycles. The average molecular weight is 248 g/mol. The molecule has 0 unspecified atom stereocenters. The van der Waals surface area contributed by atoms with Crippen molar-refractivity contribution in [1.82, 2.24) is 5.32 Å². The molecule has 2 aromatic carbocycles. The third-order valence-electron chi connectivity index (χ3n) is 3.79. The molecule has 1 aliphatic rings. The van der Waals surface area contributed by atoms with E-state index >= 15 is 0 Å². The molecular weight excluding hydrogens is 232 g/mol. The lowest BCUT2D eigenvalue weighted by Crippen LogP contribution is -2.44. The van der Waals surface area contributed by atoms with Crippen LogP contribution in [0.15, 0.2) is 54.6 Å². The van der Waals surface area contributed by atoms with Gasteiger partial charge in [-0.05, 0) is 16.7 Å². The van der Waals surface area contributed by atoms with Gasteiger partial charge in [-0.2, -0.15) is 5.26 Å². The zero-order valence-corrected chi connectivity index (χ0v) is 10.8. The van der Waals surface area contributed by atoms with Crippen LogP contribution >= 0.6 is 0 Å². The zero-order valence-electron chi connectivity index (χ0n) is 10.8. The second-order valence-corrected chi connectivity index (χ2v) is 5.16. The van der Waals surface area contributed by atoms with E-state index in [2.05, 4.69) is 35.7 Å². The molecular formula is C17H16N2. The van der Waals surface area contributed by atoms with Gasteiger partial charge in [-0.1, -0.05) is 54.6 Å². The Morgan fingerprint density at radius 3 is 2.11 bits per heavy atom. The second kappa shape index (κ2) is 4.87. The average Bonchev–Trinajstić information content (AvgIpc) is 2.85. The van der Waals surface area contributed by atoms with Crippen LogP contribution in [0.4, 0.5) is 0 Å². The molecule has 0 heterocycles. The summed E-state index contributed by atoms with van der Waals surface area (Å²) < 4.78 is 0. The highest BCUT2D eigenvalue weighted by molar-refractivity contribution is 5.40. The summed E-state index contributed by atoms with van der Waals surface area (Å²) in [4.78, 5) is 0. The Labute approximate surface area is 113 Å². The first-order chi connectivity index (χ1) is 9.31. The fraction of sp³-hybridized carbons (Fsp3) is 0.235. The normalized spacial score (nSPS) is 15.7. The molecule has 1 N–H and O–H groups in total. The van der Waals surface area contributed by atoms with Crippen molar-refractivity contribution in [3.8, 4) is 6.07 Å². The van der Waals surface area contributed by atoms with Gasteiger partial charge in [0.05, 0.1) is 6.07 Å². The van der Waals surface area contributed by atoms with Crippen LogP contribution in [0.3, 0.4) is 0 Å². The molecule has 2 heteroatoms. The first-order valence-corrected chi connectivity index (χ1v) is 6.58. The molecule has 0 aromatic heterocycles. The van der Waals surface area contributed by atoms with Gasteiger partial charge >= 0.3 is 0 Å². The van der Waals surface area contributed by atoms with Crippen LogP contribution in [-0.2, 0) is 19.4 Å². The minimum absolute atomic E-state index is 0.445. The summed E-state index contributed by atoms with van der Waals surface area (Å²) in [5.41, 5.74) is 3.36. The Hall–Kier alpha value is -2.11. The molecule has 0 amide bonds. The molecule has 94 valence electrons. The lowest BCUT2D eigenvalue weighted by atomic mass is 9.97. The van der Waals surface area contributed by atoms with Crippen LogP contribution in [0, 0.1) is 11.3 Å². The highest BCUT2D eigenvalue weighted by Crippen LogP contribution is 2.29. The van der Waals surface area contributed by atoms with Crippen molar-refractivity contribution in [3.05, 3.63) is 71.3 Å². The number of hydrogen-bond donors (Lipinski definition) is 1. The number of rotatable bonds is 3. The van der Waals surface area contributed by atoms with E-state index in [0.29, 0.717) is 0 Å². The summed E-state index contributed by atoms with van der Waals surface area (Å²) in [5.74, 6) is 0. The third-order valence-corrected chi connectivity index (χ3v) is 3.79. The van der Waals surface area contributed by atoms with Crippen molar-refractivity contribution >= 4 is 0 Å². The van der Waals surface area contributed by atoms with Gasteiger partial charge in [0.2, 0.25) is 0 Å². The standard InChI is InChI=1S/C17H16N2/c18-13-17(19-12-14-6-2-1-3-7-14)10-15-8-4-5-9-16(15)11-17/h1-9,19H,10-12H2. The molecule has 2 aromatic rings. The molecule has 0 fully saturated rings. The number of hydrogen-bond acceptors (Lipinski definition) is 2. The van der Waals surface area contributed by atoms with Gasteiger partial charge in [-0.25, -0.2) is 0 Å². The van der Waals surface area contributed by atoms with Crippen molar-refractivity contribution in [2.24, 2.45) is 0 Å². The van der Waals surface area contributed by atoms with E-state index in [0.717, 1.165) is 19.4 Å². The first-order valence-electron chi connectivity index (χ1n) is 6.58. The van der Waals surface area contributed by atoms with E-state index in [-0.39, 0.29) is 0 Å². The minimum atomic E-state index is -0.445. The van der Waals surface area contributed by atoms with E-state index in [1.165, 1.54) is 16.7 Å². The molecule has 19 heavy (non-hydrogen) atoms. The van der Waals surface area contributed by atoms with Crippen molar-refractivity contribution in [3.63, 3.8) is 0 Å². The number of benzene rings is 2. The number of fused-ring (bicyclic) bond motifs is 1. The Balaban J connectivity index is 1.75. The van der Waals surface area contributed by atoms with Gasteiger partial charge in [-0.15, -0.1) is 0 Å². The van der Waals surface area contributed by atoms with E-state index in [9.17, 15) is 5.26 Å². The van der Waals surface area contributed by atoms with E-state index in [4.69, 9.17) is 0 Å². The lowest BCUT2D eigenvalue weighted by Gasteiger charge is -2.22. The maximum absolute atomic E-state index is 9.55. The lowest BCUT2D eigenvalue weighted by molar-refractivity contribution is 0.429. The smallest absolute Gasteiger partial charge is 0.115 e. The van der Waals surface area contributed by atoms with Gasteiger partial charge in [0.25, 0.3) is 0 Å². The van der Waals surface area contributed by atoms with Gasteiger partial charge < -0.3 is 0 Å². The third kappa shape index (κ3) is 2.38. The fourth-order valence-corrected chi connectivity index (χ4v) is 2.73. The van der Waals surface area contributed by atoms with E-state index in [1.807, 2.05) is 30.3 Å². The summed E-state index contributed by atoms with van der Waals surface area (Å²) in [6.45, 7) is 0.738.